The predicted molar refractivity (Wildman–Crippen MR) is 98.8 cm³/mol. The van der Waals surface area contributed by atoms with Crippen molar-refractivity contribution in [2.24, 2.45) is 0 Å². The molecule has 1 aromatic heterocycles. The van der Waals surface area contributed by atoms with E-state index in [2.05, 4.69) is 48.7 Å². The van der Waals surface area contributed by atoms with E-state index in [4.69, 9.17) is 9.47 Å². The van der Waals surface area contributed by atoms with Crippen LogP contribution in [-0.2, 0) is 0 Å². The van der Waals surface area contributed by atoms with E-state index >= 15 is 0 Å². The van der Waals surface area contributed by atoms with Gasteiger partial charge in [-0.15, -0.1) is 11.3 Å². The van der Waals surface area contributed by atoms with Crippen LogP contribution < -0.4 is 9.47 Å². The SMILES string of the molecule is COc1ccc(C2=C(C)[C@H](c3cccs3)c3ccccc3O2)cc1. The average molecular weight is 334 g/mol. The summed E-state index contributed by atoms with van der Waals surface area (Å²) in [6, 6.07) is 20.7. The van der Waals surface area contributed by atoms with Gasteiger partial charge in [-0.2, -0.15) is 0 Å². The van der Waals surface area contributed by atoms with Gasteiger partial charge < -0.3 is 9.47 Å². The van der Waals surface area contributed by atoms with E-state index in [9.17, 15) is 0 Å². The first-order valence-electron chi connectivity index (χ1n) is 7.93. The molecule has 120 valence electrons. The van der Waals surface area contributed by atoms with Crippen LogP contribution in [0.3, 0.4) is 0 Å². The molecule has 2 nitrogen and oxygen atoms in total. The first-order valence-corrected chi connectivity index (χ1v) is 8.81. The molecular weight excluding hydrogens is 316 g/mol. The quantitative estimate of drug-likeness (QED) is 0.610. The van der Waals surface area contributed by atoms with Crippen molar-refractivity contribution in [1.82, 2.24) is 0 Å². The Kier molecular flexibility index (Phi) is 3.87. The number of thiophene rings is 1. The van der Waals surface area contributed by atoms with Crippen LogP contribution in [0.25, 0.3) is 5.76 Å². The van der Waals surface area contributed by atoms with Crippen molar-refractivity contribution in [1.29, 1.82) is 0 Å². The second-order valence-electron chi connectivity index (χ2n) is 5.83. The minimum absolute atomic E-state index is 0.243. The molecule has 0 spiro atoms. The van der Waals surface area contributed by atoms with Crippen molar-refractivity contribution in [2.45, 2.75) is 12.8 Å². The van der Waals surface area contributed by atoms with Crippen molar-refractivity contribution in [2.75, 3.05) is 7.11 Å². The Morgan fingerprint density at radius 1 is 0.958 bits per heavy atom. The lowest BCUT2D eigenvalue weighted by Crippen LogP contribution is -2.14. The molecule has 3 heteroatoms. The summed E-state index contributed by atoms with van der Waals surface area (Å²) in [5.74, 6) is 2.97. The first kappa shape index (κ1) is 15.0. The van der Waals surface area contributed by atoms with Crippen LogP contribution in [0.15, 0.2) is 71.6 Å². The zero-order valence-corrected chi connectivity index (χ0v) is 14.5. The number of hydrogen-bond acceptors (Lipinski definition) is 3. The summed E-state index contributed by atoms with van der Waals surface area (Å²) < 4.78 is 11.5. The molecule has 0 radical (unpaired) electrons. The smallest absolute Gasteiger partial charge is 0.134 e. The summed E-state index contributed by atoms with van der Waals surface area (Å²) in [6.07, 6.45) is 0. The van der Waals surface area contributed by atoms with Crippen molar-refractivity contribution in [3.63, 3.8) is 0 Å². The average Bonchev–Trinajstić information content (AvgIpc) is 3.15. The summed E-state index contributed by atoms with van der Waals surface area (Å²) in [7, 11) is 1.68. The zero-order valence-electron chi connectivity index (χ0n) is 13.7. The van der Waals surface area contributed by atoms with Gasteiger partial charge >= 0.3 is 0 Å². The Morgan fingerprint density at radius 2 is 1.75 bits per heavy atom. The molecule has 3 aromatic rings. The second kappa shape index (κ2) is 6.17. The fourth-order valence-electron chi connectivity index (χ4n) is 3.22. The Morgan fingerprint density at radius 3 is 2.46 bits per heavy atom. The van der Waals surface area contributed by atoms with Crippen molar-refractivity contribution in [3.05, 3.63) is 87.6 Å². The number of para-hydroxylation sites is 1. The van der Waals surface area contributed by atoms with Gasteiger partial charge in [0.1, 0.15) is 17.3 Å². The number of rotatable bonds is 3. The molecule has 0 amide bonds. The third-order valence-corrected chi connectivity index (χ3v) is 5.35. The van der Waals surface area contributed by atoms with E-state index in [0.29, 0.717) is 0 Å². The standard InChI is InChI=1S/C21H18O2S/c1-14-20(19-8-5-13-24-19)17-6-3-4-7-18(17)23-21(14)15-9-11-16(22-2)12-10-15/h3-13,20H,1-2H3/t20-/m0/s1. The first-order chi connectivity index (χ1) is 11.8. The molecule has 0 N–H and O–H groups in total. The van der Waals surface area contributed by atoms with Crippen molar-refractivity contribution in [3.8, 4) is 11.5 Å². The lowest BCUT2D eigenvalue weighted by atomic mass is 9.86. The lowest BCUT2D eigenvalue weighted by Gasteiger charge is -2.29. The second-order valence-corrected chi connectivity index (χ2v) is 6.81. The molecule has 0 unspecified atom stereocenters. The highest BCUT2D eigenvalue weighted by Crippen LogP contribution is 2.46. The van der Waals surface area contributed by atoms with E-state index in [1.165, 1.54) is 16.0 Å². The molecule has 0 aliphatic carbocycles. The number of hydrogen-bond donors (Lipinski definition) is 0. The van der Waals surface area contributed by atoms with E-state index in [1.807, 2.05) is 24.3 Å². The summed E-state index contributed by atoms with van der Waals surface area (Å²) >= 11 is 1.79. The number of methoxy groups -OCH3 is 1. The van der Waals surface area contributed by atoms with E-state index in [0.717, 1.165) is 22.8 Å². The van der Waals surface area contributed by atoms with Gasteiger partial charge in [0.15, 0.2) is 0 Å². The molecule has 0 saturated heterocycles. The highest BCUT2D eigenvalue weighted by molar-refractivity contribution is 7.10. The molecule has 1 aliphatic rings. The molecule has 1 aliphatic heterocycles. The van der Waals surface area contributed by atoms with Gasteiger partial charge in [-0.1, -0.05) is 24.3 Å². The topological polar surface area (TPSA) is 18.5 Å². The largest absolute Gasteiger partial charge is 0.497 e. The van der Waals surface area contributed by atoms with Gasteiger partial charge in [-0.3, -0.25) is 0 Å². The van der Waals surface area contributed by atoms with Crippen LogP contribution in [0.4, 0.5) is 0 Å². The summed E-state index contributed by atoms with van der Waals surface area (Å²) in [5, 5.41) is 2.13. The van der Waals surface area contributed by atoms with Gasteiger partial charge in [0.2, 0.25) is 0 Å². The fraction of sp³-hybridized carbons (Fsp3) is 0.143. The Labute approximate surface area is 146 Å². The minimum Gasteiger partial charge on any atom is -0.497 e. The Hall–Kier alpha value is -2.52. The van der Waals surface area contributed by atoms with Crippen molar-refractivity contribution < 1.29 is 9.47 Å². The predicted octanol–water partition coefficient (Wildman–Crippen LogP) is 5.71. The molecule has 24 heavy (non-hydrogen) atoms. The maximum Gasteiger partial charge on any atom is 0.134 e. The highest BCUT2D eigenvalue weighted by atomic mass is 32.1. The maximum atomic E-state index is 6.28. The molecule has 2 heterocycles. The normalized spacial score (nSPS) is 16.5. The number of fused-ring (bicyclic) bond motifs is 1. The van der Waals surface area contributed by atoms with Crippen LogP contribution in [0.5, 0.6) is 11.5 Å². The number of benzene rings is 2. The van der Waals surface area contributed by atoms with E-state index in [1.54, 1.807) is 18.4 Å². The molecular formula is C21H18O2S. The lowest BCUT2D eigenvalue weighted by molar-refractivity contribution is 0.414. The van der Waals surface area contributed by atoms with Gasteiger partial charge in [-0.25, -0.2) is 0 Å². The molecule has 1 atom stereocenters. The molecule has 2 aromatic carbocycles. The zero-order chi connectivity index (χ0) is 16.5. The summed E-state index contributed by atoms with van der Waals surface area (Å²) in [4.78, 5) is 1.34. The van der Waals surface area contributed by atoms with E-state index in [-0.39, 0.29) is 5.92 Å². The summed E-state index contributed by atoms with van der Waals surface area (Å²) in [5.41, 5.74) is 3.54. The van der Waals surface area contributed by atoms with Crippen LogP contribution >= 0.6 is 11.3 Å². The van der Waals surface area contributed by atoms with Crippen LogP contribution in [0, 0.1) is 0 Å². The highest BCUT2D eigenvalue weighted by Gasteiger charge is 2.29. The minimum atomic E-state index is 0.243. The number of allylic oxidation sites excluding steroid dienone is 1. The molecule has 4 rings (SSSR count). The third-order valence-electron chi connectivity index (χ3n) is 4.41. The molecule has 0 saturated carbocycles. The fourth-order valence-corrected chi connectivity index (χ4v) is 4.13. The Bertz CT molecular complexity index is 876. The van der Waals surface area contributed by atoms with Crippen LogP contribution in [0.2, 0.25) is 0 Å². The van der Waals surface area contributed by atoms with Gasteiger partial charge in [0.05, 0.1) is 7.11 Å². The monoisotopic (exact) mass is 334 g/mol. The van der Waals surface area contributed by atoms with Gasteiger partial charge in [0.25, 0.3) is 0 Å². The molecule has 0 fully saturated rings. The van der Waals surface area contributed by atoms with Crippen molar-refractivity contribution >= 4 is 17.1 Å². The van der Waals surface area contributed by atoms with Crippen LogP contribution in [-0.4, -0.2) is 7.11 Å². The van der Waals surface area contributed by atoms with E-state index < -0.39 is 0 Å². The van der Waals surface area contributed by atoms with Gasteiger partial charge in [0, 0.05) is 21.9 Å². The maximum absolute atomic E-state index is 6.28. The van der Waals surface area contributed by atoms with Gasteiger partial charge in [-0.05, 0) is 54.3 Å². The van der Waals surface area contributed by atoms with Crippen LogP contribution in [0.1, 0.15) is 28.8 Å². The number of ether oxygens (including phenoxy) is 2. The Balaban J connectivity index is 1.86. The molecule has 0 bridgehead atoms. The summed E-state index contributed by atoms with van der Waals surface area (Å²) in [6.45, 7) is 2.17. The third kappa shape index (κ3) is 2.51.